The summed E-state index contributed by atoms with van der Waals surface area (Å²) < 4.78 is 11.1. The molecule has 0 bridgehead atoms. The third kappa shape index (κ3) is 11.7. The molecule has 0 aliphatic heterocycles. The molecule has 0 saturated heterocycles. The number of phenolic OH excluding ortho intramolecular Hbond substituents is 1. The summed E-state index contributed by atoms with van der Waals surface area (Å²) in [4.78, 5) is 0. The minimum absolute atomic E-state index is 0.0495. The SMILES string of the molecule is C=C(O)/C(=C\CC)n1c2c(c3cc(C(C)C(CCC)C(CCC)c4ccc5c(c4)c4cc(C)ccc4n5-c4cc(C(C)(C)CC(C)CCC)cc(-c5cc(C)cc(C)c5OCCCO)c4O)ccc31)CC(C(C)CCC)C=C2. The van der Waals surface area contributed by atoms with E-state index in [4.69, 9.17) is 4.74 Å². The number of ether oxygens (including phenoxy) is 1. The van der Waals surface area contributed by atoms with Gasteiger partial charge >= 0.3 is 0 Å². The highest BCUT2D eigenvalue weighted by Gasteiger charge is 2.33. The summed E-state index contributed by atoms with van der Waals surface area (Å²) in [6.45, 7) is 34.2. The van der Waals surface area contributed by atoms with Crippen LogP contribution in [0, 0.1) is 44.4 Å². The van der Waals surface area contributed by atoms with Gasteiger partial charge < -0.3 is 29.2 Å². The van der Waals surface area contributed by atoms with Crippen molar-refractivity contribution in [1.82, 2.24) is 9.13 Å². The number of fused-ring (bicyclic) bond motifs is 6. The fraction of sp³-hybridized carbons (Fsp3) is 0.472. The number of aliphatic hydroxyl groups excluding tert-OH is 2. The van der Waals surface area contributed by atoms with E-state index >= 15 is 0 Å². The first kappa shape index (κ1) is 58.2. The van der Waals surface area contributed by atoms with E-state index in [2.05, 4.69) is 203 Å². The molecular weight excluding hydrogens is 957 g/mol. The lowest BCUT2D eigenvalue weighted by atomic mass is 9.71. The number of benzene rings is 5. The van der Waals surface area contributed by atoms with Crippen molar-refractivity contribution in [3.05, 3.63) is 148 Å². The normalized spacial score (nSPS) is 16.0. The van der Waals surface area contributed by atoms with Gasteiger partial charge in [0.25, 0.3) is 0 Å². The number of aryl methyl sites for hydroxylation is 3. The zero-order chi connectivity index (χ0) is 56.2. The van der Waals surface area contributed by atoms with Gasteiger partial charge in [-0.2, -0.15) is 0 Å². The van der Waals surface area contributed by atoms with E-state index in [9.17, 15) is 15.3 Å². The Morgan fingerprint density at radius 3 is 2.10 bits per heavy atom. The highest BCUT2D eigenvalue weighted by Crippen LogP contribution is 2.50. The molecule has 78 heavy (non-hydrogen) atoms. The Bertz CT molecular complexity index is 3320. The van der Waals surface area contributed by atoms with Gasteiger partial charge in [0.1, 0.15) is 17.3 Å². The van der Waals surface area contributed by atoms with E-state index in [1.807, 2.05) is 0 Å². The number of phenols is 1. The second-order valence-electron chi connectivity index (χ2n) is 24.4. The zero-order valence-electron chi connectivity index (χ0n) is 50.0. The smallest absolute Gasteiger partial charge is 0.147 e. The molecule has 2 heterocycles. The number of aromatic nitrogens is 2. The summed E-state index contributed by atoms with van der Waals surface area (Å²) in [5, 5.41) is 37.5. The standard InChI is InChI=1S/C72H94N2O4/c1-15-21-46(7)44-72(13,14)55-42-62(63-38-47(8)36-49(10)71(63)78-35-20-34-75)70(77)69(43-55)74-65-30-26-45(6)37-58(65)61-41-54(29-33-68(61)74)57(24-18-4)56(23-17-3)50(11)53-28-32-67-60(40-53)59-39-52(48(9)22-16-2)27-31-66(59)73(67)64(25-19-5)51(12)76/h25-33,36-38,40-43,46,48,50,52,56-57,75-77H,12,15-24,34-35,39,44H2,1-11,13-14H3/b64-25+. The molecule has 5 aromatic carbocycles. The maximum atomic E-state index is 13.1. The van der Waals surface area contributed by atoms with Crippen LogP contribution >= 0.6 is 0 Å². The van der Waals surface area contributed by atoms with Crippen LogP contribution in [0.4, 0.5) is 0 Å². The van der Waals surface area contributed by atoms with E-state index in [-0.39, 0.29) is 29.4 Å². The molecule has 0 amide bonds. The second-order valence-corrected chi connectivity index (χ2v) is 24.4. The van der Waals surface area contributed by atoms with Crippen LogP contribution in [-0.4, -0.2) is 37.7 Å². The minimum Gasteiger partial charge on any atom is -0.506 e. The Morgan fingerprint density at radius 2 is 1.42 bits per heavy atom. The molecule has 6 nitrogen and oxygen atoms in total. The number of aliphatic hydroxyl groups is 2. The third-order valence-electron chi connectivity index (χ3n) is 17.8. The molecule has 7 aromatic rings. The van der Waals surface area contributed by atoms with Crippen LogP contribution in [0.5, 0.6) is 11.5 Å². The second kappa shape index (κ2) is 25.0. The van der Waals surface area contributed by atoms with Crippen molar-refractivity contribution in [2.45, 2.75) is 184 Å². The molecule has 6 atom stereocenters. The molecule has 1 aliphatic carbocycles. The van der Waals surface area contributed by atoms with Crippen LogP contribution in [0.1, 0.15) is 196 Å². The summed E-state index contributed by atoms with van der Waals surface area (Å²) in [5.41, 5.74) is 16.0. The Morgan fingerprint density at radius 1 is 0.756 bits per heavy atom. The lowest BCUT2D eigenvalue weighted by Gasteiger charge is -2.33. The molecule has 0 spiro atoms. The first-order chi connectivity index (χ1) is 37.4. The number of nitrogens with zero attached hydrogens (tertiary/aromatic N) is 2. The molecule has 0 fully saturated rings. The number of hydrogen-bond donors (Lipinski definition) is 3. The molecule has 3 N–H and O–H groups in total. The van der Waals surface area contributed by atoms with Crippen LogP contribution in [0.15, 0.2) is 103 Å². The molecule has 0 saturated carbocycles. The Balaban J connectivity index is 1.29. The lowest BCUT2D eigenvalue weighted by Crippen LogP contribution is -2.21. The highest BCUT2D eigenvalue weighted by atomic mass is 16.5. The average Bonchev–Trinajstić information content (AvgIpc) is 3.92. The Labute approximate surface area is 469 Å². The van der Waals surface area contributed by atoms with E-state index in [0.717, 1.165) is 114 Å². The number of allylic oxidation sites excluding steroid dienone is 3. The average molecular weight is 1050 g/mol. The lowest BCUT2D eigenvalue weighted by molar-refractivity contribution is 0.233. The first-order valence-corrected chi connectivity index (χ1v) is 30.1. The van der Waals surface area contributed by atoms with Crippen molar-refractivity contribution in [3.8, 4) is 28.3 Å². The summed E-state index contributed by atoms with van der Waals surface area (Å²) in [6.07, 6.45) is 19.2. The fourth-order valence-electron chi connectivity index (χ4n) is 14.0. The van der Waals surface area contributed by atoms with Crippen LogP contribution in [-0.2, 0) is 11.8 Å². The van der Waals surface area contributed by atoms with Gasteiger partial charge in [-0.25, -0.2) is 0 Å². The molecular formula is C72H94N2O4. The molecule has 0 radical (unpaired) electrons. The Hall–Kier alpha value is -5.98. The zero-order valence-corrected chi connectivity index (χ0v) is 50.0. The topological polar surface area (TPSA) is 79.8 Å². The van der Waals surface area contributed by atoms with Gasteiger partial charge in [0.15, 0.2) is 0 Å². The van der Waals surface area contributed by atoms with Crippen LogP contribution in [0.3, 0.4) is 0 Å². The first-order valence-electron chi connectivity index (χ1n) is 30.1. The molecule has 2 aromatic heterocycles. The minimum atomic E-state index is -0.201. The number of hydrogen-bond acceptors (Lipinski definition) is 4. The van der Waals surface area contributed by atoms with E-state index < -0.39 is 0 Å². The predicted molar refractivity (Wildman–Crippen MR) is 334 cm³/mol. The molecule has 416 valence electrons. The van der Waals surface area contributed by atoms with Crippen molar-refractivity contribution in [1.29, 1.82) is 0 Å². The maximum absolute atomic E-state index is 13.1. The third-order valence-corrected chi connectivity index (χ3v) is 17.8. The van der Waals surface area contributed by atoms with Crippen LogP contribution < -0.4 is 4.74 Å². The van der Waals surface area contributed by atoms with Gasteiger partial charge in [-0.05, 0) is 188 Å². The largest absolute Gasteiger partial charge is 0.506 e. The van der Waals surface area contributed by atoms with Crippen molar-refractivity contribution in [2.75, 3.05) is 13.2 Å². The summed E-state index contributed by atoms with van der Waals surface area (Å²) in [6, 6.07) is 30.0. The summed E-state index contributed by atoms with van der Waals surface area (Å²) in [5.74, 6) is 3.63. The van der Waals surface area contributed by atoms with Crippen molar-refractivity contribution in [2.24, 2.45) is 23.7 Å². The summed E-state index contributed by atoms with van der Waals surface area (Å²) >= 11 is 0. The van der Waals surface area contributed by atoms with Crippen molar-refractivity contribution >= 4 is 44.5 Å². The number of rotatable bonds is 25. The van der Waals surface area contributed by atoms with Gasteiger partial charge in [-0.1, -0.05) is 156 Å². The highest BCUT2D eigenvalue weighted by molar-refractivity contribution is 6.10. The molecule has 6 unspecified atom stereocenters. The van der Waals surface area contributed by atoms with Crippen LogP contribution in [0.25, 0.3) is 61.3 Å². The van der Waals surface area contributed by atoms with Crippen molar-refractivity contribution < 1.29 is 20.1 Å². The van der Waals surface area contributed by atoms with Crippen LogP contribution in [0.2, 0.25) is 0 Å². The van der Waals surface area contributed by atoms with Gasteiger partial charge in [-0.3, -0.25) is 0 Å². The van der Waals surface area contributed by atoms with Gasteiger partial charge in [0.05, 0.1) is 34.5 Å². The van der Waals surface area contributed by atoms with Gasteiger partial charge in [0, 0.05) is 46.0 Å². The molecule has 1 aliphatic rings. The van der Waals surface area contributed by atoms with Gasteiger partial charge in [0.2, 0.25) is 0 Å². The predicted octanol–water partition coefficient (Wildman–Crippen LogP) is 19.9. The van der Waals surface area contributed by atoms with E-state index in [1.165, 1.54) is 62.5 Å². The summed E-state index contributed by atoms with van der Waals surface area (Å²) in [7, 11) is 0. The fourth-order valence-corrected chi connectivity index (χ4v) is 14.0. The van der Waals surface area contributed by atoms with Crippen molar-refractivity contribution in [3.63, 3.8) is 0 Å². The Kier molecular flexibility index (Phi) is 18.6. The van der Waals surface area contributed by atoms with E-state index in [0.29, 0.717) is 42.6 Å². The van der Waals surface area contributed by atoms with Gasteiger partial charge in [-0.15, -0.1) is 0 Å². The quantitative estimate of drug-likeness (QED) is 0.0303. The van der Waals surface area contributed by atoms with E-state index in [1.54, 1.807) is 0 Å². The molecule has 6 heteroatoms. The number of aromatic hydroxyl groups is 1. The molecule has 8 rings (SSSR count). The monoisotopic (exact) mass is 1050 g/mol. The maximum Gasteiger partial charge on any atom is 0.147 e.